The molecule has 0 aliphatic heterocycles. The lowest BCUT2D eigenvalue weighted by molar-refractivity contribution is 0.0693. The molecule has 0 bridgehead atoms. The van der Waals surface area contributed by atoms with Crippen molar-refractivity contribution in [2.24, 2.45) is 0 Å². The van der Waals surface area contributed by atoms with Gasteiger partial charge in [-0.15, -0.1) is 0 Å². The number of nitrogens with one attached hydrogen (secondary N) is 2. The van der Waals surface area contributed by atoms with Gasteiger partial charge in [-0.25, -0.2) is 4.79 Å². The molecule has 0 fully saturated rings. The molecule has 1 rings (SSSR count). The van der Waals surface area contributed by atoms with Gasteiger partial charge in [-0.2, -0.15) is 0 Å². The highest BCUT2D eigenvalue weighted by atomic mass is 32.1. The predicted molar refractivity (Wildman–Crippen MR) is 48.6 cm³/mol. The Bertz CT molecular complexity index is 446. The summed E-state index contributed by atoms with van der Waals surface area (Å²) in [7, 11) is 0. The lowest BCUT2D eigenvalue weighted by Gasteiger charge is -2.00. The Hall–Kier alpha value is -1.43. The van der Waals surface area contributed by atoms with E-state index < -0.39 is 11.5 Å². The fraction of sp³-hybridized carbons (Fsp3) is 0.286. The molecule has 5 nitrogen and oxygen atoms in total. The van der Waals surface area contributed by atoms with Crippen LogP contribution < -0.4 is 5.56 Å². The second-order valence-corrected chi connectivity index (χ2v) is 2.83. The average Bonchev–Trinajstić information content (AvgIpc) is 2.01. The van der Waals surface area contributed by atoms with Gasteiger partial charge in [0.1, 0.15) is 5.56 Å². The average molecular weight is 200 g/mol. The number of aromatic amines is 2. The summed E-state index contributed by atoms with van der Waals surface area (Å²) < 4.78 is 0.145. The van der Waals surface area contributed by atoms with Crippen LogP contribution in [-0.2, 0) is 6.42 Å². The monoisotopic (exact) mass is 200 g/mol. The molecule has 70 valence electrons. The van der Waals surface area contributed by atoms with Crippen LogP contribution in [0.5, 0.6) is 0 Å². The molecule has 0 aliphatic carbocycles. The first-order valence-corrected chi connectivity index (χ1v) is 4.05. The van der Waals surface area contributed by atoms with Crippen LogP contribution in [0.4, 0.5) is 0 Å². The quantitative estimate of drug-likeness (QED) is 0.613. The third kappa shape index (κ3) is 1.83. The third-order valence-electron chi connectivity index (χ3n) is 1.59. The molecule has 6 heteroatoms. The second kappa shape index (κ2) is 3.53. The number of carboxylic acids is 1. The number of H-pyrrole nitrogens is 2. The van der Waals surface area contributed by atoms with E-state index >= 15 is 0 Å². The molecule has 0 atom stereocenters. The molecular formula is C7H8N2O3S. The number of aryl methyl sites for hydroxylation is 1. The fourth-order valence-corrected chi connectivity index (χ4v) is 1.24. The van der Waals surface area contributed by atoms with E-state index in [-0.39, 0.29) is 10.3 Å². The summed E-state index contributed by atoms with van der Waals surface area (Å²) in [5.41, 5.74) is -0.578. The molecule has 3 N–H and O–H groups in total. The molecule has 0 saturated carbocycles. The van der Waals surface area contributed by atoms with Gasteiger partial charge >= 0.3 is 5.97 Å². The fourth-order valence-electron chi connectivity index (χ4n) is 1.02. The largest absolute Gasteiger partial charge is 0.477 e. The Morgan fingerprint density at radius 3 is 2.62 bits per heavy atom. The van der Waals surface area contributed by atoms with Crippen LogP contribution in [0, 0.1) is 4.77 Å². The molecule has 0 unspecified atom stereocenters. The van der Waals surface area contributed by atoms with E-state index in [0.29, 0.717) is 12.1 Å². The van der Waals surface area contributed by atoms with Crippen LogP contribution in [0.1, 0.15) is 23.0 Å². The van der Waals surface area contributed by atoms with Crippen molar-refractivity contribution in [1.29, 1.82) is 0 Å². The van der Waals surface area contributed by atoms with Gasteiger partial charge in [0.05, 0.1) is 0 Å². The van der Waals surface area contributed by atoms with Crippen molar-refractivity contribution in [3.8, 4) is 0 Å². The van der Waals surface area contributed by atoms with E-state index in [2.05, 4.69) is 9.97 Å². The summed E-state index contributed by atoms with van der Waals surface area (Å²) in [6.07, 6.45) is 0.426. The van der Waals surface area contributed by atoms with E-state index in [0.717, 1.165) is 0 Å². The van der Waals surface area contributed by atoms with E-state index in [1.807, 2.05) is 0 Å². The molecule has 0 spiro atoms. The zero-order chi connectivity index (χ0) is 10.0. The maximum atomic E-state index is 11.1. The topological polar surface area (TPSA) is 86.0 Å². The van der Waals surface area contributed by atoms with Crippen LogP contribution in [0.15, 0.2) is 4.79 Å². The summed E-state index contributed by atoms with van der Waals surface area (Å²) in [5, 5.41) is 8.69. The third-order valence-corrected chi connectivity index (χ3v) is 1.79. The number of hydrogen-bond acceptors (Lipinski definition) is 3. The number of carboxylic acid groups (broad SMARTS) is 1. The predicted octanol–water partition coefficient (Wildman–Crippen LogP) is 0.693. The molecule has 0 aromatic carbocycles. The van der Waals surface area contributed by atoms with Crippen LogP contribution in [-0.4, -0.2) is 21.0 Å². The van der Waals surface area contributed by atoms with Gasteiger partial charge in [0.15, 0.2) is 4.77 Å². The van der Waals surface area contributed by atoms with Gasteiger partial charge in [-0.3, -0.25) is 9.78 Å². The Morgan fingerprint density at radius 2 is 2.15 bits per heavy atom. The van der Waals surface area contributed by atoms with Crippen molar-refractivity contribution in [2.45, 2.75) is 13.3 Å². The Morgan fingerprint density at radius 1 is 1.54 bits per heavy atom. The highest BCUT2D eigenvalue weighted by molar-refractivity contribution is 7.71. The number of aromatic nitrogens is 2. The maximum Gasteiger partial charge on any atom is 0.343 e. The van der Waals surface area contributed by atoms with E-state index in [1.165, 1.54) is 0 Å². The molecule has 0 saturated heterocycles. The zero-order valence-corrected chi connectivity index (χ0v) is 7.70. The maximum absolute atomic E-state index is 11.1. The van der Waals surface area contributed by atoms with Gasteiger partial charge in [-0.1, -0.05) is 6.92 Å². The first kappa shape index (κ1) is 9.66. The Labute approximate surface area is 78.4 Å². The molecular weight excluding hydrogens is 192 g/mol. The van der Waals surface area contributed by atoms with Crippen molar-refractivity contribution in [2.75, 3.05) is 0 Å². The zero-order valence-electron chi connectivity index (χ0n) is 6.88. The summed E-state index contributed by atoms with van der Waals surface area (Å²) >= 11 is 4.70. The van der Waals surface area contributed by atoms with Crippen molar-refractivity contribution < 1.29 is 9.90 Å². The highest BCUT2D eigenvalue weighted by Gasteiger charge is 2.13. The molecule has 1 aromatic rings. The summed E-state index contributed by atoms with van der Waals surface area (Å²) in [6.45, 7) is 1.74. The van der Waals surface area contributed by atoms with Crippen LogP contribution in [0.3, 0.4) is 0 Å². The molecule has 0 aliphatic rings. The first-order valence-electron chi connectivity index (χ1n) is 3.65. The van der Waals surface area contributed by atoms with E-state index in [4.69, 9.17) is 17.3 Å². The minimum Gasteiger partial charge on any atom is -0.477 e. The van der Waals surface area contributed by atoms with Gasteiger partial charge in [0.2, 0.25) is 0 Å². The number of rotatable bonds is 2. The summed E-state index contributed by atoms with van der Waals surface area (Å²) in [5.74, 6) is -1.25. The van der Waals surface area contributed by atoms with Crippen LogP contribution in [0.2, 0.25) is 0 Å². The van der Waals surface area contributed by atoms with Crippen molar-refractivity contribution in [3.05, 3.63) is 26.4 Å². The Balaban J connectivity index is 3.57. The van der Waals surface area contributed by atoms with Crippen molar-refractivity contribution >= 4 is 18.2 Å². The first-order chi connectivity index (χ1) is 6.06. The molecule has 0 amide bonds. The van der Waals surface area contributed by atoms with E-state index in [9.17, 15) is 9.59 Å². The molecule has 1 aromatic heterocycles. The minimum absolute atomic E-state index is 0.145. The minimum atomic E-state index is -1.25. The molecule has 0 radical (unpaired) electrons. The highest BCUT2D eigenvalue weighted by Crippen LogP contribution is 1.99. The number of aromatic carboxylic acids is 1. The van der Waals surface area contributed by atoms with Gasteiger partial charge in [0.25, 0.3) is 5.56 Å². The van der Waals surface area contributed by atoms with Crippen molar-refractivity contribution in [1.82, 2.24) is 9.97 Å². The van der Waals surface area contributed by atoms with Crippen LogP contribution in [0.25, 0.3) is 0 Å². The van der Waals surface area contributed by atoms with Gasteiger partial charge < -0.3 is 10.1 Å². The summed E-state index contributed by atoms with van der Waals surface area (Å²) in [6, 6.07) is 0. The van der Waals surface area contributed by atoms with Gasteiger partial charge in [0, 0.05) is 5.69 Å². The SMILES string of the molecule is CCc1[nH]c(=S)[nH]c(=O)c1C(=O)O. The smallest absolute Gasteiger partial charge is 0.343 e. The normalized spacial score (nSPS) is 9.92. The lowest BCUT2D eigenvalue weighted by Crippen LogP contribution is -2.21. The number of carbonyl (C=O) groups is 1. The standard InChI is InChI=1S/C7H8N2O3S/c1-2-3-4(6(11)12)5(10)9-7(13)8-3/h2H2,1H3,(H,11,12)(H2,8,9,10,13). The van der Waals surface area contributed by atoms with Crippen molar-refractivity contribution in [3.63, 3.8) is 0 Å². The summed E-state index contributed by atoms with van der Waals surface area (Å²) in [4.78, 5) is 26.6. The molecule has 13 heavy (non-hydrogen) atoms. The lowest BCUT2D eigenvalue weighted by atomic mass is 10.2. The molecule has 1 heterocycles. The van der Waals surface area contributed by atoms with E-state index in [1.54, 1.807) is 6.92 Å². The second-order valence-electron chi connectivity index (χ2n) is 2.42. The Kier molecular flexibility index (Phi) is 2.62. The van der Waals surface area contributed by atoms with Crippen LogP contribution >= 0.6 is 12.2 Å². The van der Waals surface area contributed by atoms with Gasteiger partial charge in [-0.05, 0) is 18.6 Å². The number of hydrogen-bond donors (Lipinski definition) is 3.